The number of amides is 1. The van der Waals surface area contributed by atoms with Gasteiger partial charge in [0.05, 0.1) is 25.5 Å². The molecule has 0 unspecified atom stereocenters. The van der Waals surface area contributed by atoms with E-state index >= 15 is 0 Å². The predicted molar refractivity (Wildman–Crippen MR) is 181 cm³/mol. The van der Waals surface area contributed by atoms with Crippen molar-refractivity contribution < 1.29 is 45.8 Å². The summed E-state index contributed by atoms with van der Waals surface area (Å²) in [4.78, 5) is 34.0. The van der Waals surface area contributed by atoms with Gasteiger partial charge in [-0.1, -0.05) is 60.7 Å². The van der Waals surface area contributed by atoms with E-state index in [1.54, 1.807) is 24.3 Å². The normalized spacial score (nSPS) is 19.9. The zero-order valence-electron chi connectivity index (χ0n) is 28.2. The van der Waals surface area contributed by atoms with Crippen LogP contribution in [0.2, 0.25) is 0 Å². The van der Waals surface area contributed by atoms with Gasteiger partial charge in [0.15, 0.2) is 0 Å². The molecule has 2 N–H and O–H groups in total. The van der Waals surface area contributed by atoms with E-state index < -0.39 is 68.2 Å². The molecule has 0 bridgehead atoms. The molecule has 0 radical (unpaired) electrons. The van der Waals surface area contributed by atoms with Crippen molar-refractivity contribution in [2.45, 2.75) is 62.6 Å². The number of carbonyl (C=O) groups excluding carboxylic acids is 1. The van der Waals surface area contributed by atoms with Crippen molar-refractivity contribution in [3.8, 4) is 11.3 Å². The number of aliphatic carboxylic acids is 1. The van der Waals surface area contributed by atoms with E-state index in [0.717, 1.165) is 70.4 Å². The Morgan fingerprint density at radius 2 is 1.50 bits per heavy atom. The number of pyridine rings is 1. The highest BCUT2D eigenvalue weighted by atomic mass is 19.4. The van der Waals surface area contributed by atoms with Crippen LogP contribution in [-0.4, -0.2) is 95.1 Å². The minimum Gasteiger partial charge on any atom is -0.480 e. The van der Waals surface area contributed by atoms with Crippen molar-refractivity contribution in [2.24, 2.45) is 5.41 Å². The molecule has 1 spiro atoms. The number of fused-ring (bicyclic) bond motifs is 2. The van der Waals surface area contributed by atoms with Gasteiger partial charge in [0.1, 0.15) is 11.5 Å². The van der Waals surface area contributed by atoms with E-state index in [1.165, 1.54) is 0 Å². The van der Waals surface area contributed by atoms with Crippen LogP contribution in [0.3, 0.4) is 0 Å². The molecule has 52 heavy (non-hydrogen) atoms. The molecule has 8 nitrogen and oxygen atoms in total. The number of rotatable bonds is 9. The third-order valence-corrected chi connectivity index (χ3v) is 11.0. The molecule has 4 aromatic rings. The summed E-state index contributed by atoms with van der Waals surface area (Å²) in [5, 5.41) is 15.6. The van der Waals surface area contributed by atoms with E-state index in [2.05, 4.69) is 16.3 Å². The van der Waals surface area contributed by atoms with Crippen LogP contribution in [0.4, 0.5) is 26.3 Å². The number of hydrogen-bond donors (Lipinski definition) is 2. The minimum absolute atomic E-state index is 0.0961. The number of benzene rings is 3. The Bertz CT molecular complexity index is 1990. The van der Waals surface area contributed by atoms with Crippen LogP contribution in [0, 0.1) is 5.41 Å². The van der Waals surface area contributed by atoms with Crippen molar-refractivity contribution in [1.82, 2.24) is 20.1 Å². The first-order valence-corrected chi connectivity index (χ1v) is 17.3. The zero-order valence-corrected chi connectivity index (χ0v) is 28.2. The molecule has 3 fully saturated rings. The van der Waals surface area contributed by atoms with Crippen LogP contribution in [0.25, 0.3) is 32.8 Å². The fourth-order valence-electron chi connectivity index (χ4n) is 7.88. The fraction of sp³-hybridized carbons (Fsp3) is 0.447. The molecule has 3 aliphatic rings. The summed E-state index contributed by atoms with van der Waals surface area (Å²) in [6.45, 7) is 0.367. The highest BCUT2D eigenvalue weighted by Gasteiger charge is 2.61. The Kier molecular flexibility index (Phi) is 9.45. The molecule has 276 valence electrons. The topological polar surface area (TPSA) is 95.0 Å². The van der Waals surface area contributed by atoms with Gasteiger partial charge in [-0.05, 0) is 66.1 Å². The Morgan fingerprint density at radius 1 is 0.846 bits per heavy atom. The van der Waals surface area contributed by atoms with E-state index in [0.29, 0.717) is 17.6 Å². The molecule has 1 aromatic heterocycles. The predicted octanol–water partition coefficient (Wildman–Crippen LogP) is 6.74. The average Bonchev–Trinajstić information content (AvgIpc) is 3.87. The number of carbonyl (C=O) groups is 2. The zero-order chi connectivity index (χ0) is 36.9. The summed E-state index contributed by atoms with van der Waals surface area (Å²) in [6, 6.07) is 17.0. The molecule has 3 aromatic carbocycles. The first-order valence-electron chi connectivity index (χ1n) is 17.3. The molecule has 1 saturated carbocycles. The molecular weight excluding hydrogens is 690 g/mol. The lowest BCUT2D eigenvalue weighted by atomic mass is 9.76. The SMILES string of the molecule is O=C(O)[C@H](Cc1cccc2c(-c3ncc(CN4CCOCC45CC5)c4ccccc34)cccc12)NC(=O)C1(C(F)(F)F)CCN(CC(F)(F)F)CC1. The Hall–Kier alpha value is -4.27. The number of nitrogens with zero attached hydrogens (tertiary/aromatic N) is 3. The lowest BCUT2D eigenvalue weighted by Gasteiger charge is -2.42. The monoisotopic (exact) mass is 728 g/mol. The van der Waals surface area contributed by atoms with E-state index in [-0.39, 0.29) is 12.0 Å². The van der Waals surface area contributed by atoms with E-state index in [1.807, 2.05) is 36.5 Å². The number of aromatic nitrogens is 1. The third kappa shape index (κ3) is 6.95. The van der Waals surface area contributed by atoms with E-state index in [4.69, 9.17) is 9.72 Å². The summed E-state index contributed by atoms with van der Waals surface area (Å²) in [5.74, 6) is -3.09. The van der Waals surface area contributed by atoms with Crippen LogP contribution >= 0.6 is 0 Å². The van der Waals surface area contributed by atoms with Crippen LogP contribution in [0.5, 0.6) is 0 Å². The number of nitrogens with one attached hydrogen (secondary N) is 1. The van der Waals surface area contributed by atoms with Gasteiger partial charge in [-0.3, -0.25) is 19.6 Å². The fourth-order valence-corrected chi connectivity index (χ4v) is 7.88. The highest BCUT2D eigenvalue weighted by molar-refractivity contribution is 6.05. The summed E-state index contributed by atoms with van der Waals surface area (Å²) in [6.07, 6.45) is -7.78. The van der Waals surface area contributed by atoms with Gasteiger partial charge in [-0.25, -0.2) is 4.79 Å². The van der Waals surface area contributed by atoms with Gasteiger partial charge >= 0.3 is 18.3 Å². The number of hydrogen-bond acceptors (Lipinski definition) is 6. The van der Waals surface area contributed by atoms with Crippen LogP contribution < -0.4 is 5.32 Å². The molecule has 1 aliphatic carbocycles. The first-order chi connectivity index (χ1) is 24.7. The second-order valence-corrected chi connectivity index (χ2v) is 14.2. The maximum absolute atomic E-state index is 14.4. The quantitative estimate of drug-likeness (QED) is 0.185. The van der Waals surface area contributed by atoms with Gasteiger partial charge in [0.25, 0.3) is 0 Å². The Labute approximate surface area is 295 Å². The standard InChI is InChI=1S/C38H38F6N4O4/c39-37(40,41)22-47-15-13-36(14-16-47,38(42,43)44)34(51)46-31(33(49)50)19-24-5-3-9-28-26(24)8-4-10-30(28)32-29-7-2-1-6-27(29)25(20-45-32)21-48-17-18-52-23-35(48)11-12-35/h1-10,20,31H,11-19,21-23H2,(H,46,51)(H,49,50)/t31-/m0/s1. The maximum Gasteiger partial charge on any atom is 0.403 e. The summed E-state index contributed by atoms with van der Waals surface area (Å²) in [7, 11) is 0. The van der Waals surface area contributed by atoms with Gasteiger partial charge in [-0.15, -0.1) is 0 Å². The van der Waals surface area contributed by atoms with Gasteiger partial charge in [0.2, 0.25) is 5.91 Å². The largest absolute Gasteiger partial charge is 0.480 e. The van der Waals surface area contributed by atoms with Crippen LogP contribution in [-0.2, 0) is 27.3 Å². The van der Waals surface area contributed by atoms with Crippen LogP contribution in [0.1, 0.15) is 36.8 Å². The van der Waals surface area contributed by atoms with Crippen molar-refractivity contribution >= 4 is 33.4 Å². The molecule has 2 saturated heterocycles. The van der Waals surface area contributed by atoms with Gasteiger partial charge < -0.3 is 15.2 Å². The van der Waals surface area contributed by atoms with Gasteiger partial charge in [-0.2, -0.15) is 26.3 Å². The van der Waals surface area contributed by atoms with Crippen LogP contribution in [0.15, 0.2) is 66.9 Å². The van der Waals surface area contributed by atoms with Crippen molar-refractivity contribution in [2.75, 3.05) is 39.4 Å². The minimum atomic E-state index is -5.11. The summed E-state index contributed by atoms with van der Waals surface area (Å²) >= 11 is 0. The Morgan fingerprint density at radius 3 is 2.17 bits per heavy atom. The van der Waals surface area contributed by atoms with Crippen molar-refractivity contribution in [3.63, 3.8) is 0 Å². The smallest absolute Gasteiger partial charge is 0.403 e. The second-order valence-electron chi connectivity index (χ2n) is 14.2. The molecule has 3 heterocycles. The van der Waals surface area contributed by atoms with Crippen molar-refractivity contribution in [3.05, 3.63) is 78.0 Å². The van der Waals surface area contributed by atoms with Gasteiger partial charge in [0, 0.05) is 42.2 Å². The molecule has 7 rings (SSSR count). The second kappa shape index (κ2) is 13.6. The number of alkyl halides is 6. The average molecular weight is 729 g/mol. The molecule has 14 heteroatoms. The van der Waals surface area contributed by atoms with E-state index in [9.17, 15) is 41.0 Å². The molecule has 1 amide bonds. The third-order valence-electron chi connectivity index (χ3n) is 11.0. The number of carboxylic acids is 1. The number of carboxylic acid groups (broad SMARTS) is 1. The highest BCUT2D eigenvalue weighted by Crippen LogP contribution is 2.47. The summed E-state index contributed by atoms with van der Waals surface area (Å²) < 4.78 is 87.7. The Balaban J connectivity index is 1.16. The molecular formula is C38H38F6N4O4. The number of ether oxygens (including phenoxy) is 1. The van der Waals surface area contributed by atoms with Crippen molar-refractivity contribution in [1.29, 1.82) is 0 Å². The number of morpholine rings is 1. The first kappa shape index (κ1) is 36.1. The maximum atomic E-state index is 14.4. The lowest BCUT2D eigenvalue weighted by molar-refractivity contribution is -0.236. The summed E-state index contributed by atoms with van der Waals surface area (Å²) in [5.41, 5.74) is 0.155. The number of piperidine rings is 1. The lowest BCUT2D eigenvalue weighted by Crippen LogP contribution is -2.59. The number of likely N-dealkylation sites (tertiary alicyclic amines) is 1. The number of halogens is 6. The molecule has 2 aliphatic heterocycles. The molecule has 1 atom stereocenters.